The van der Waals surface area contributed by atoms with Gasteiger partial charge in [0.15, 0.2) is 0 Å². The molecule has 0 aliphatic carbocycles. The van der Waals surface area contributed by atoms with E-state index in [1.54, 1.807) is 0 Å². The van der Waals surface area contributed by atoms with Crippen molar-refractivity contribution in [2.75, 3.05) is 0 Å². The zero-order valence-electron chi connectivity index (χ0n) is 7.70. The Morgan fingerprint density at radius 3 is 1.76 bits per heavy atom. The van der Waals surface area contributed by atoms with Crippen LogP contribution in [-0.4, -0.2) is 4.98 Å². The molecule has 0 atom stereocenters. The molecule has 0 saturated carbocycles. The lowest BCUT2D eigenvalue weighted by molar-refractivity contribution is -0.145. The first-order valence-corrected chi connectivity index (χ1v) is 3.96. The average Bonchev–Trinajstić information content (AvgIpc) is 2.14. The number of alkyl halides is 8. The first-order valence-electron chi connectivity index (χ1n) is 3.96. The second-order valence-corrected chi connectivity index (χ2v) is 2.96. The molecule has 0 aliphatic heterocycles. The first kappa shape index (κ1) is 13.7. The van der Waals surface area contributed by atoms with Crippen LogP contribution < -0.4 is 0 Å². The van der Waals surface area contributed by atoms with Crippen LogP contribution in [0.5, 0.6) is 0 Å². The molecule has 96 valence electrons. The fourth-order valence-corrected chi connectivity index (χ4v) is 0.973. The Bertz CT molecular complexity index is 373. The van der Waals surface area contributed by atoms with E-state index in [0.29, 0.717) is 0 Å². The summed E-state index contributed by atoms with van der Waals surface area (Å²) in [6.07, 6.45) is -13.9. The van der Waals surface area contributed by atoms with E-state index in [9.17, 15) is 35.1 Å². The number of nitrogens with zero attached hydrogens (tertiary/aromatic N) is 1. The van der Waals surface area contributed by atoms with Crippen LogP contribution in [0.4, 0.5) is 35.1 Å². The highest BCUT2D eigenvalue weighted by atomic mass is 19.4. The van der Waals surface area contributed by atoms with Crippen molar-refractivity contribution in [3.8, 4) is 0 Å². The van der Waals surface area contributed by atoms with Crippen LogP contribution in [0.2, 0.25) is 0 Å². The largest absolute Gasteiger partial charge is 0.433 e. The maximum absolute atomic E-state index is 12.2. The van der Waals surface area contributed by atoms with Gasteiger partial charge in [0.05, 0.1) is 5.56 Å². The van der Waals surface area contributed by atoms with Crippen molar-refractivity contribution in [2.24, 2.45) is 0 Å². The zero-order valence-corrected chi connectivity index (χ0v) is 7.70. The maximum Gasteiger partial charge on any atom is 0.433 e. The van der Waals surface area contributed by atoms with Crippen LogP contribution in [0.1, 0.15) is 23.4 Å². The molecule has 0 aromatic carbocycles. The van der Waals surface area contributed by atoms with Gasteiger partial charge in [-0.05, 0) is 12.1 Å². The fraction of sp³-hybridized carbons (Fsp3) is 0.375. The minimum atomic E-state index is -5.22. The minimum absolute atomic E-state index is 0.111. The highest BCUT2D eigenvalue weighted by Gasteiger charge is 2.38. The van der Waals surface area contributed by atoms with Crippen molar-refractivity contribution in [2.45, 2.75) is 18.8 Å². The second-order valence-electron chi connectivity index (χ2n) is 2.96. The van der Waals surface area contributed by atoms with Gasteiger partial charge in [-0.25, -0.2) is 13.8 Å². The van der Waals surface area contributed by atoms with Crippen LogP contribution >= 0.6 is 0 Å². The molecule has 0 saturated heterocycles. The Hall–Kier alpha value is -1.41. The van der Waals surface area contributed by atoms with Crippen molar-refractivity contribution in [3.05, 3.63) is 29.1 Å². The topological polar surface area (TPSA) is 12.9 Å². The smallest absolute Gasteiger partial charge is 0.242 e. The fourth-order valence-electron chi connectivity index (χ4n) is 0.973. The van der Waals surface area contributed by atoms with E-state index in [2.05, 4.69) is 4.98 Å². The molecule has 0 amide bonds. The molecule has 9 heteroatoms. The second kappa shape index (κ2) is 4.11. The lowest BCUT2D eigenvalue weighted by Crippen LogP contribution is -2.14. The van der Waals surface area contributed by atoms with E-state index in [-0.39, 0.29) is 12.1 Å². The van der Waals surface area contributed by atoms with E-state index in [1.807, 2.05) is 0 Å². The Balaban J connectivity index is 3.40. The molecular weight excluding hydrogens is 262 g/mol. The van der Waals surface area contributed by atoms with Crippen LogP contribution in [-0.2, 0) is 12.4 Å². The van der Waals surface area contributed by atoms with Gasteiger partial charge < -0.3 is 0 Å². The number of aromatic nitrogens is 1. The molecule has 1 aromatic heterocycles. The SMILES string of the molecule is FC(F)c1cc(C(F)(F)F)cc(C(F)(F)F)n1. The zero-order chi connectivity index (χ0) is 13.4. The molecule has 0 bridgehead atoms. The quantitative estimate of drug-likeness (QED) is 0.698. The Morgan fingerprint density at radius 1 is 0.882 bits per heavy atom. The first-order chi connectivity index (χ1) is 7.51. The van der Waals surface area contributed by atoms with Crippen LogP contribution in [0, 0.1) is 0 Å². The van der Waals surface area contributed by atoms with Gasteiger partial charge in [-0.3, -0.25) is 0 Å². The number of hydrogen-bond donors (Lipinski definition) is 0. The van der Waals surface area contributed by atoms with Gasteiger partial charge in [-0.15, -0.1) is 0 Å². The van der Waals surface area contributed by atoms with Gasteiger partial charge in [0, 0.05) is 0 Å². The molecule has 17 heavy (non-hydrogen) atoms. The summed E-state index contributed by atoms with van der Waals surface area (Å²) in [5.74, 6) is 0. The molecule has 0 unspecified atom stereocenters. The normalized spacial score (nSPS) is 13.2. The molecule has 0 radical (unpaired) electrons. The summed E-state index contributed by atoms with van der Waals surface area (Å²) in [6.45, 7) is 0. The van der Waals surface area contributed by atoms with Gasteiger partial charge in [-0.1, -0.05) is 0 Å². The van der Waals surface area contributed by atoms with E-state index in [1.165, 1.54) is 0 Å². The number of hydrogen-bond acceptors (Lipinski definition) is 1. The summed E-state index contributed by atoms with van der Waals surface area (Å²) in [4.78, 5) is 2.44. The van der Waals surface area contributed by atoms with E-state index in [0.717, 1.165) is 0 Å². The van der Waals surface area contributed by atoms with Crippen molar-refractivity contribution in [3.63, 3.8) is 0 Å². The van der Waals surface area contributed by atoms with Gasteiger partial charge in [0.25, 0.3) is 6.43 Å². The van der Waals surface area contributed by atoms with Crippen LogP contribution in [0.15, 0.2) is 12.1 Å². The molecule has 0 spiro atoms. The Labute approximate surface area is 89.1 Å². The Kier molecular flexibility index (Phi) is 3.30. The highest BCUT2D eigenvalue weighted by Crippen LogP contribution is 2.36. The van der Waals surface area contributed by atoms with Gasteiger partial charge in [0.1, 0.15) is 11.4 Å². The van der Waals surface area contributed by atoms with Gasteiger partial charge in [-0.2, -0.15) is 26.3 Å². The van der Waals surface area contributed by atoms with Crippen LogP contribution in [0.3, 0.4) is 0 Å². The predicted molar refractivity (Wildman–Crippen MR) is 39.2 cm³/mol. The minimum Gasteiger partial charge on any atom is -0.242 e. The van der Waals surface area contributed by atoms with Gasteiger partial charge in [0.2, 0.25) is 0 Å². The summed E-state index contributed by atoms with van der Waals surface area (Å²) in [5, 5.41) is 0. The molecule has 1 rings (SSSR count). The number of rotatable bonds is 1. The molecule has 0 fully saturated rings. The summed E-state index contributed by atoms with van der Waals surface area (Å²) in [7, 11) is 0. The molecule has 1 heterocycles. The molecular formula is C8H3F8N. The molecule has 0 aliphatic rings. The van der Waals surface area contributed by atoms with E-state index in [4.69, 9.17) is 0 Å². The third kappa shape index (κ3) is 3.27. The Morgan fingerprint density at radius 2 is 1.41 bits per heavy atom. The maximum atomic E-state index is 12.2. The summed E-state index contributed by atoms with van der Waals surface area (Å²) < 4.78 is 97.1. The molecule has 1 nitrogen and oxygen atoms in total. The molecule has 0 N–H and O–H groups in total. The van der Waals surface area contributed by atoms with Crippen molar-refractivity contribution >= 4 is 0 Å². The third-order valence-corrected chi connectivity index (χ3v) is 1.69. The number of halogens is 8. The average molecular weight is 265 g/mol. The predicted octanol–water partition coefficient (Wildman–Crippen LogP) is 4.06. The van der Waals surface area contributed by atoms with Crippen LogP contribution in [0.25, 0.3) is 0 Å². The van der Waals surface area contributed by atoms with Crippen molar-refractivity contribution in [1.29, 1.82) is 0 Å². The number of pyridine rings is 1. The summed E-state index contributed by atoms with van der Waals surface area (Å²) in [5.41, 5.74) is -5.37. The summed E-state index contributed by atoms with van der Waals surface area (Å²) >= 11 is 0. The lowest BCUT2D eigenvalue weighted by atomic mass is 10.2. The van der Waals surface area contributed by atoms with Crippen molar-refractivity contribution < 1.29 is 35.1 Å². The van der Waals surface area contributed by atoms with E-state index < -0.39 is 35.7 Å². The van der Waals surface area contributed by atoms with Gasteiger partial charge >= 0.3 is 12.4 Å². The highest BCUT2D eigenvalue weighted by molar-refractivity contribution is 5.26. The lowest BCUT2D eigenvalue weighted by Gasteiger charge is -2.12. The summed E-state index contributed by atoms with van der Waals surface area (Å²) in [6, 6.07) is -0.425. The third-order valence-electron chi connectivity index (χ3n) is 1.69. The van der Waals surface area contributed by atoms with E-state index >= 15 is 0 Å². The molecule has 1 aromatic rings. The standard InChI is InChI=1S/C8H3F8N/c9-6(10)4-1-3(7(11,12)13)2-5(17-4)8(14,15)16/h1-2,6H. The van der Waals surface area contributed by atoms with Crippen molar-refractivity contribution in [1.82, 2.24) is 4.98 Å². The monoisotopic (exact) mass is 265 g/mol.